The maximum atomic E-state index is 3.00. The molecule has 0 amide bonds. The first-order chi connectivity index (χ1) is 10.5. The number of hydrogen-bond acceptors (Lipinski definition) is 0. The third-order valence-electron chi connectivity index (χ3n) is 5.26. The first-order valence-electron chi connectivity index (χ1n) is 10.3. The molecule has 0 aromatic rings. The topological polar surface area (TPSA) is 0 Å². The zero-order valence-electron chi connectivity index (χ0n) is 16.3. The minimum Gasteiger partial charge on any atom is -0.131 e. The van der Waals surface area contributed by atoms with Crippen molar-refractivity contribution in [2.45, 2.75) is 129 Å². The average molecular weight is 329 g/mol. The van der Waals surface area contributed by atoms with E-state index in [-0.39, 0.29) is 0 Å². The van der Waals surface area contributed by atoms with Crippen LogP contribution in [0.25, 0.3) is 0 Å². The molecule has 0 aliphatic rings. The van der Waals surface area contributed by atoms with E-state index >= 15 is 0 Å². The quantitative estimate of drug-likeness (QED) is 0.198. The molecule has 0 fully saturated rings. The summed E-state index contributed by atoms with van der Waals surface area (Å²) in [4.78, 5) is 0. The minimum absolute atomic E-state index is 0.413. The third kappa shape index (κ3) is 15.3. The molecule has 0 aromatic heterocycles. The van der Waals surface area contributed by atoms with E-state index in [0.717, 1.165) is 5.92 Å². The van der Waals surface area contributed by atoms with Gasteiger partial charge in [-0.05, 0) is 17.5 Å². The van der Waals surface area contributed by atoms with E-state index in [2.05, 4.69) is 36.9 Å². The summed E-state index contributed by atoms with van der Waals surface area (Å²) in [6, 6.07) is 0. The van der Waals surface area contributed by atoms with Crippen LogP contribution in [-0.4, -0.2) is 5.16 Å². The lowest BCUT2D eigenvalue weighted by atomic mass is 9.91. The van der Waals surface area contributed by atoms with E-state index in [4.69, 9.17) is 0 Å². The number of unbranched alkanes of at least 4 members (excludes halogenated alkanes) is 13. The van der Waals surface area contributed by atoms with Gasteiger partial charge in [-0.2, -0.15) is 0 Å². The lowest BCUT2D eigenvalue weighted by molar-refractivity contribution is 0.406. The highest BCUT2D eigenvalue weighted by molar-refractivity contribution is 7.18. The number of rotatable bonds is 16. The SMILES string of the molecule is CCCCCCCCCCCCCCCCC(C)C(C)(C)P. The van der Waals surface area contributed by atoms with E-state index in [0.29, 0.717) is 5.16 Å². The molecule has 22 heavy (non-hydrogen) atoms. The molecule has 0 aliphatic heterocycles. The molecule has 0 saturated carbocycles. The normalized spacial score (nSPS) is 13.5. The van der Waals surface area contributed by atoms with E-state index in [1.54, 1.807) is 0 Å². The molecule has 0 N–H and O–H groups in total. The van der Waals surface area contributed by atoms with Gasteiger partial charge in [0.05, 0.1) is 0 Å². The van der Waals surface area contributed by atoms with Crippen LogP contribution in [0.3, 0.4) is 0 Å². The van der Waals surface area contributed by atoms with Crippen molar-refractivity contribution in [1.29, 1.82) is 0 Å². The van der Waals surface area contributed by atoms with Crippen LogP contribution >= 0.6 is 9.24 Å². The van der Waals surface area contributed by atoms with Crippen molar-refractivity contribution in [2.24, 2.45) is 5.92 Å². The number of hydrogen-bond donors (Lipinski definition) is 0. The molecule has 0 aliphatic carbocycles. The second-order valence-corrected chi connectivity index (χ2v) is 9.60. The van der Waals surface area contributed by atoms with Crippen molar-refractivity contribution in [3.63, 3.8) is 0 Å². The highest BCUT2D eigenvalue weighted by atomic mass is 31.0. The Labute approximate surface area is 144 Å². The third-order valence-corrected chi connectivity index (χ3v) is 5.83. The van der Waals surface area contributed by atoms with E-state index in [1.807, 2.05) is 0 Å². The molecule has 0 rings (SSSR count). The van der Waals surface area contributed by atoms with Crippen LogP contribution in [0.4, 0.5) is 0 Å². The molecule has 0 radical (unpaired) electrons. The van der Waals surface area contributed by atoms with Crippen molar-refractivity contribution in [3.05, 3.63) is 0 Å². The molecule has 0 spiro atoms. The fourth-order valence-electron chi connectivity index (χ4n) is 3.02. The predicted molar refractivity (Wildman–Crippen MR) is 108 cm³/mol. The predicted octanol–water partition coefficient (Wildman–Crippen LogP) is 8.15. The Kier molecular flexibility index (Phi) is 15.3. The van der Waals surface area contributed by atoms with E-state index < -0.39 is 0 Å². The van der Waals surface area contributed by atoms with Gasteiger partial charge in [0.1, 0.15) is 0 Å². The van der Waals surface area contributed by atoms with Crippen molar-refractivity contribution in [1.82, 2.24) is 0 Å². The molecule has 134 valence electrons. The summed E-state index contributed by atoms with van der Waals surface area (Å²) in [5.41, 5.74) is 0. The van der Waals surface area contributed by atoms with Crippen molar-refractivity contribution in [2.75, 3.05) is 0 Å². The highest BCUT2D eigenvalue weighted by Gasteiger charge is 2.19. The first kappa shape index (κ1) is 22.4. The second-order valence-electron chi connectivity index (χ2n) is 8.11. The van der Waals surface area contributed by atoms with Gasteiger partial charge in [-0.1, -0.05) is 118 Å². The fourth-order valence-corrected chi connectivity index (χ4v) is 3.18. The van der Waals surface area contributed by atoms with Gasteiger partial charge < -0.3 is 0 Å². The fraction of sp³-hybridized carbons (Fsp3) is 1.00. The lowest BCUT2D eigenvalue weighted by Crippen LogP contribution is -2.20. The van der Waals surface area contributed by atoms with Gasteiger partial charge in [0.2, 0.25) is 0 Å². The summed E-state index contributed by atoms with van der Waals surface area (Å²) in [7, 11) is 3.00. The maximum absolute atomic E-state index is 3.00. The molecule has 0 saturated heterocycles. The van der Waals surface area contributed by atoms with Crippen molar-refractivity contribution < 1.29 is 0 Å². The Morgan fingerprint density at radius 2 is 0.955 bits per heavy atom. The lowest BCUT2D eigenvalue weighted by Gasteiger charge is -2.26. The first-order valence-corrected chi connectivity index (χ1v) is 10.8. The molecule has 0 heterocycles. The van der Waals surface area contributed by atoms with Gasteiger partial charge in [0.25, 0.3) is 0 Å². The van der Waals surface area contributed by atoms with Crippen LogP contribution < -0.4 is 0 Å². The standard InChI is InChI=1S/C21H45P/c1-5-6-7-8-9-10-11-12-13-14-15-16-17-18-19-20(2)21(3,4)22/h20H,5-19,22H2,1-4H3. The summed E-state index contributed by atoms with van der Waals surface area (Å²) < 4.78 is 0. The van der Waals surface area contributed by atoms with Gasteiger partial charge >= 0.3 is 0 Å². The summed E-state index contributed by atoms with van der Waals surface area (Å²) in [5.74, 6) is 0.829. The minimum atomic E-state index is 0.413. The average Bonchev–Trinajstić information content (AvgIpc) is 2.46. The van der Waals surface area contributed by atoms with Gasteiger partial charge in [-0.3, -0.25) is 0 Å². The second kappa shape index (κ2) is 15.0. The van der Waals surface area contributed by atoms with Crippen LogP contribution in [-0.2, 0) is 0 Å². The molecular weight excluding hydrogens is 283 g/mol. The Hall–Kier alpha value is 0.430. The highest BCUT2D eigenvalue weighted by Crippen LogP contribution is 2.30. The molecule has 0 bridgehead atoms. The summed E-state index contributed by atoms with van der Waals surface area (Å²) in [6.07, 6.45) is 21.8. The molecule has 2 unspecified atom stereocenters. The Morgan fingerprint density at radius 3 is 1.27 bits per heavy atom. The van der Waals surface area contributed by atoms with Gasteiger partial charge in [0, 0.05) is 0 Å². The Morgan fingerprint density at radius 1 is 0.636 bits per heavy atom. The summed E-state index contributed by atoms with van der Waals surface area (Å²) in [5, 5.41) is 0.413. The van der Waals surface area contributed by atoms with Gasteiger partial charge in [-0.25, -0.2) is 0 Å². The molecule has 1 heteroatoms. The van der Waals surface area contributed by atoms with Crippen molar-refractivity contribution in [3.8, 4) is 0 Å². The maximum Gasteiger partial charge on any atom is -0.0181 e. The zero-order chi connectivity index (χ0) is 16.7. The monoisotopic (exact) mass is 328 g/mol. The van der Waals surface area contributed by atoms with Gasteiger partial charge in [0.15, 0.2) is 0 Å². The van der Waals surface area contributed by atoms with Gasteiger partial charge in [-0.15, -0.1) is 9.24 Å². The molecule has 0 nitrogen and oxygen atoms in total. The summed E-state index contributed by atoms with van der Waals surface area (Å²) >= 11 is 0. The Bertz CT molecular complexity index is 216. The molecule has 2 atom stereocenters. The van der Waals surface area contributed by atoms with E-state index in [1.165, 1.54) is 96.3 Å². The van der Waals surface area contributed by atoms with Crippen LogP contribution in [0.5, 0.6) is 0 Å². The summed E-state index contributed by atoms with van der Waals surface area (Å²) in [6.45, 7) is 9.37. The molecule has 0 aromatic carbocycles. The molecular formula is C21H45P. The smallest absolute Gasteiger partial charge is 0.0181 e. The Balaban J connectivity index is 3.12. The van der Waals surface area contributed by atoms with Crippen LogP contribution in [0.15, 0.2) is 0 Å². The van der Waals surface area contributed by atoms with Crippen molar-refractivity contribution >= 4 is 9.24 Å². The van der Waals surface area contributed by atoms with Crippen LogP contribution in [0.2, 0.25) is 0 Å². The van der Waals surface area contributed by atoms with Crippen LogP contribution in [0.1, 0.15) is 124 Å². The van der Waals surface area contributed by atoms with Crippen LogP contribution in [0, 0.1) is 5.92 Å². The largest absolute Gasteiger partial charge is 0.131 e. The van der Waals surface area contributed by atoms with E-state index in [9.17, 15) is 0 Å². The zero-order valence-corrected chi connectivity index (χ0v) is 17.4.